The van der Waals surface area contributed by atoms with Gasteiger partial charge in [0.05, 0.1) is 30.1 Å². The topological polar surface area (TPSA) is 100.0 Å². The summed E-state index contributed by atoms with van der Waals surface area (Å²) in [5.41, 5.74) is 2.29. The van der Waals surface area contributed by atoms with Crippen LogP contribution in [0, 0.1) is 6.92 Å². The second kappa shape index (κ2) is 8.55. The van der Waals surface area contributed by atoms with Gasteiger partial charge in [0.25, 0.3) is 11.7 Å². The lowest BCUT2D eigenvalue weighted by atomic mass is 9.94. The zero-order valence-corrected chi connectivity index (χ0v) is 17.6. The third kappa shape index (κ3) is 3.69. The van der Waals surface area contributed by atoms with Gasteiger partial charge in [-0.2, -0.15) is 0 Å². The highest BCUT2D eigenvalue weighted by Crippen LogP contribution is 2.43. The Kier molecular flexibility index (Phi) is 5.64. The summed E-state index contributed by atoms with van der Waals surface area (Å²) < 4.78 is 5.50. The normalized spacial score (nSPS) is 17.6. The maximum Gasteiger partial charge on any atom is 0.300 e. The molecule has 1 saturated heterocycles. The first-order valence-corrected chi connectivity index (χ1v) is 10.2. The smallest absolute Gasteiger partial charge is 0.300 e. The molecule has 162 valence electrons. The van der Waals surface area contributed by atoms with E-state index >= 15 is 0 Å². The van der Waals surface area contributed by atoms with Crippen molar-refractivity contribution in [1.82, 2.24) is 4.98 Å². The van der Waals surface area contributed by atoms with Crippen LogP contribution in [0.2, 0.25) is 0 Å². The number of aliphatic hydroxyl groups excluding tert-OH is 1. The Balaban J connectivity index is 1.95. The monoisotopic (exact) mass is 430 g/mol. The fraction of sp³-hybridized carbons (Fsp3) is 0.160. The second-order valence-corrected chi connectivity index (χ2v) is 7.41. The van der Waals surface area contributed by atoms with Crippen molar-refractivity contribution < 1.29 is 24.5 Å². The Labute approximate surface area is 185 Å². The van der Waals surface area contributed by atoms with E-state index in [1.165, 1.54) is 17.2 Å². The predicted molar refractivity (Wildman–Crippen MR) is 119 cm³/mol. The number of phenols is 1. The van der Waals surface area contributed by atoms with Crippen LogP contribution in [0.1, 0.15) is 29.7 Å². The van der Waals surface area contributed by atoms with Gasteiger partial charge in [-0.25, -0.2) is 0 Å². The number of pyridine rings is 1. The number of Topliss-reactive ketones (excluding diaryl/α,β-unsaturated/α-hetero) is 1. The molecule has 1 fully saturated rings. The SMILES string of the molecule is CCOc1cc(C2/C(=C(\O)c3ccc(C)cc3)C(=O)C(=O)N2c2cccnc2)ccc1O. The average molecular weight is 430 g/mol. The van der Waals surface area contributed by atoms with Gasteiger partial charge in [-0.3, -0.25) is 19.5 Å². The fourth-order valence-electron chi connectivity index (χ4n) is 3.75. The van der Waals surface area contributed by atoms with Crippen LogP contribution in [-0.2, 0) is 9.59 Å². The van der Waals surface area contributed by atoms with Crippen LogP contribution in [0.25, 0.3) is 5.76 Å². The van der Waals surface area contributed by atoms with Crippen molar-refractivity contribution in [1.29, 1.82) is 0 Å². The molecule has 1 amide bonds. The highest BCUT2D eigenvalue weighted by Gasteiger charge is 2.47. The Morgan fingerprint density at radius 1 is 1.12 bits per heavy atom. The number of aromatic hydroxyl groups is 1. The molecule has 0 aliphatic carbocycles. The molecule has 2 aromatic carbocycles. The second-order valence-electron chi connectivity index (χ2n) is 7.41. The van der Waals surface area contributed by atoms with Crippen LogP contribution in [0.5, 0.6) is 11.5 Å². The molecule has 7 nitrogen and oxygen atoms in total. The van der Waals surface area contributed by atoms with Gasteiger partial charge in [0.1, 0.15) is 5.76 Å². The van der Waals surface area contributed by atoms with Crippen LogP contribution in [0.3, 0.4) is 0 Å². The summed E-state index contributed by atoms with van der Waals surface area (Å²) in [6.07, 6.45) is 3.04. The third-order valence-corrected chi connectivity index (χ3v) is 5.29. The zero-order chi connectivity index (χ0) is 22.8. The number of benzene rings is 2. The van der Waals surface area contributed by atoms with Gasteiger partial charge in [-0.1, -0.05) is 35.9 Å². The molecule has 0 saturated carbocycles. The number of carbonyl (C=O) groups excluding carboxylic acids is 2. The highest BCUT2D eigenvalue weighted by atomic mass is 16.5. The number of ether oxygens (including phenoxy) is 1. The summed E-state index contributed by atoms with van der Waals surface area (Å²) in [6.45, 7) is 4.02. The van der Waals surface area contributed by atoms with E-state index < -0.39 is 17.7 Å². The van der Waals surface area contributed by atoms with Gasteiger partial charge < -0.3 is 14.9 Å². The number of ketones is 1. The molecule has 1 unspecified atom stereocenters. The molecule has 3 aromatic rings. The Hall–Kier alpha value is -4.13. The van der Waals surface area contributed by atoms with E-state index in [4.69, 9.17) is 4.74 Å². The molecule has 1 aliphatic rings. The lowest BCUT2D eigenvalue weighted by molar-refractivity contribution is -0.132. The Morgan fingerprint density at radius 3 is 2.53 bits per heavy atom. The van der Waals surface area contributed by atoms with Gasteiger partial charge >= 0.3 is 0 Å². The first kappa shape index (κ1) is 21.1. The molecule has 4 rings (SSSR count). The number of rotatable bonds is 5. The maximum absolute atomic E-state index is 13.1. The molecule has 32 heavy (non-hydrogen) atoms. The summed E-state index contributed by atoms with van der Waals surface area (Å²) in [4.78, 5) is 31.6. The van der Waals surface area contributed by atoms with E-state index in [-0.39, 0.29) is 22.8 Å². The standard InChI is InChI=1S/C25H22N2O5/c1-3-32-20-13-17(10-11-19(20)28)22-21(23(29)16-8-6-15(2)7-9-16)24(30)25(31)27(22)18-5-4-12-26-14-18/h4-14,22,28-29H,3H2,1-2H3/b23-21+. The molecule has 1 aliphatic heterocycles. The van der Waals surface area contributed by atoms with Crippen LogP contribution in [0.15, 0.2) is 72.6 Å². The minimum atomic E-state index is -0.930. The number of aryl methyl sites for hydroxylation is 1. The van der Waals surface area contributed by atoms with Crippen molar-refractivity contribution in [2.24, 2.45) is 0 Å². The first-order valence-electron chi connectivity index (χ1n) is 10.2. The number of phenolic OH excluding ortho intramolecular Hbond substituents is 1. The summed E-state index contributed by atoms with van der Waals surface area (Å²) in [6, 6.07) is 14.0. The number of hydrogen-bond acceptors (Lipinski definition) is 6. The first-order chi connectivity index (χ1) is 15.4. The van der Waals surface area contributed by atoms with Gasteiger partial charge in [0, 0.05) is 11.8 Å². The van der Waals surface area contributed by atoms with E-state index in [9.17, 15) is 19.8 Å². The lowest BCUT2D eigenvalue weighted by Gasteiger charge is -2.25. The third-order valence-electron chi connectivity index (χ3n) is 5.29. The summed E-state index contributed by atoms with van der Waals surface area (Å²) in [7, 11) is 0. The molecule has 1 atom stereocenters. The van der Waals surface area contributed by atoms with Crippen molar-refractivity contribution in [3.63, 3.8) is 0 Å². The van der Waals surface area contributed by atoms with Crippen molar-refractivity contribution >= 4 is 23.1 Å². The van der Waals surface area contributed by atoms with E-state index in [2.05, 4.69) is 4.98 Å². The van der Waals surface area contributed by atoms with Crippen LogP contribution in [0.4, 0.5) is 5.69 Å². The van der Waals surface area contributed by atoms with Gasteiger partial charge in [-0.05, 0) is 43.7 Å². The number of nitrogens with zero attached hydrogens (tertiary/aromatic N) is 2. The fourth-order valence-corrected chi connectivity index (χ4v) is 3.75. The van der Waals surface area contributed by atoms with Gasteiger partial charge in [0.15, 0.2) is 11.5 Å². The van der Waals surface area contributed by atoms with E-state index in [0.717, 1.165) is 5.56 Å². The molecule has 2 N–H and O–H groups in total. The number of aromatic nitrogens is 1. The molecule has 0 bridgehead atoms. The zero-order valence-electron chi connectivity index (χ0n) is 17.6. The summed E-state index contributed by atoms with van der Waals surface area (Å²) in [5.74, 6) is -1.69. The number of aliphatic hydroxyl groups is 1. The van der Waals surface area contributed by atoms with Gasteiger partial charge in [-0.15, -0.1) is 0 Å². The number of hydrogen-bond donors (Lipinski definition) is 2. The Bertz CT molecular complexity index is 1200. The van der Waals surface area contributed by atoms with E-state index in [0.29, 0.717) is 23.4 Å². The highest BCUT2D eigenvalue weighted by molar-refractivity contribution is 6.51. The number of amides is 1. The minimum absolute atomic E-state index is 0.0455. The van der Waals surface area contributed by atoms with Crippen LogP contribution < -0.4 is 9.64 Å². The van der Waals surface area contributed by atoms with Gasteiger partial charge in [0.2, 0.25) is 0 Å². The average Bonchev–Trinajstić information content (AvgIpc) is 3.06. The molecule has 2 heterocycles. The van der Waals surface area contributed by atoms with Crippen molar-refractivity contribution in [2.45, 2.75) is 19.9 Å². The predicted octanol–water partition coefficient (Wildman–Crippen LogP) is 4.12. The molecule has 0 radical (unpaired) electrons. The number of carbonyl (C=O) groups is 2. The maximum atomic E-state index is 13.1. The van der Waals surface area contributed by atoms with Crippen LogP contribution in [-0.4, -0.2) is 33.5 Å². The minimum Gasteiger partial charge on any atom is -0.507 e. The molecule has 0 spiro atoms. The number of anilines is 1. The van der Waals surface area contributed by atoms with Crippen LogP contribution >= 0.6 is 0 Å². The summed E-state index contributed by atoms with van der Waals surface area (Å²) >= 11 is 0. The van der Waals surface area contributed by atoms with E-state index in [1.807, 2.05) is 19.1 Å². The lowest BCUT2D eigenvalue weighted by Crippen LogP contribution is -2.29. The molecule has 7 heteroatoms. The summed E-state index contributed by atoms with van der Waals surface area (Å²) in [5, 5.41) is 21.2. The van der Waals surface area contributed by atoms with Crippen molar-refractivity contribution in [3.8, 4) is 11.5 Å². The van der Waals surface area contributed by atoms with Crippen molar-refractivity contribution in [2.75, 3.05) is 11.5 Å². The van der Waals surface area contributed by atoms with Crippen molar-refractivity contribution in [3.05, 3.63) is 89.3 Å². The van der Waals surface area contributed by atoms with E-state index in [1.54, 1.807) is 49.5 Å². The molecular weight excluding hydrogens is 408 g/mol. The molecule has 1 aromatic heterocycles. The largest absolute Gasteiger partial charge is 0.507 e. The quantitative estimate of drug-likeness (QED) is 0.359. The Morgan fingerprint density at radius 2 is 1.88 bits per heavy atom. The molecular formula is C25H22N2O5.